The van der Waals surface area contributed by atoms with E-state index < -0.39 is 0 Å². The smallest absolute Gasteiger partial charge is 0.135 e. The van der Waals surface area contributed by atoms with E-state index in [-0.39, 0.29) is 11.9 Å². The Morgan fingerprint density at radius 3 is 2.69 bits per heavy atom. The average Bonchev–Trinajstić information content (AvgIpc) is 2.64. The van der Waals surface area contributed by atoms with Crippen molar-refractivity contribution < 1.29 is 9.13 Å². The first-order valence-electron chi connectivity index (χ1n) is 8.41. The van der Waals surface area contributed by atoms with Gasteiger partial charge in [0.1, 0.15) is 17.3 Å². The lowest BCUT2D eigenvalue weighted by Crippen LogP contribution is -2.27. The maximum atomic E-state index is 13.3. The minimum atomic E-state index is -0.290. The third-order valence-corrected chi connectivity index (χ3v) is 4.45. The Morgan fingerprint density at radius 2 is 2.00 bits per heavy atom. The SMILES string of the molecule is C#CC1=CC(c2cc(N)ccc2Oc2ccc(F)cc2C)=CCC1NC. The molecular formula is C22H21FN2O. The number of halogens is 1. The third-order valence-electron chi connectivity index (χ3n) is 4.45. The summed E-state index contributed by atoms with van der Waals surface area (Å²) in [5.74, 6) is 3.71. The quantitative estimate of drug-likeness (QED) is 0.634. The Hall–Kier alpha value is -3.03. The van der Waals surface area contributed by atoms with Crippen LogP contribution in [-0.2, 0) is 0 Å². The van der Waals surface area contributed by atoms with Crippen molar-refractivity contribution in [1.29, 1.82) is 0 Å². The Bertz CT molecular complexity index is 938. The van der Waals surface area contributed by atoms with E-state index in [1.54, 1.807) is 12.1 Å². The van der Waals surface area contributed by atoms with Gasteiger partial charge in [-0.1, -0.05) is 12.0 Å². The number of nitrogen functional groups attached to an aromatic ring is 1. The van der Waals surface area contributed by atoms with E-state index in [9.17, 15) is 4.39 Å². The van der Waals surface area contributed by atoms with Crippen molar-refractivity contribution in [2.75, 3.05) is 12.8 Å². The van der Waals surface area contributed by atoms with Crippen LogP contribution in [0, 0.1) is 25.1 Å². The Morgan fingerprint density at radius 1 is 1.23 bits per heavy atom. The van der Waals surface area contributed by atoms with Crippen LogP contribution in [0.15, 0.2) is 54.1 Å². The van der Waals surface area contributed by atoms with Crippen molar-refractivity contribution in [3.05, 3.63) is 71.1 Å². The van der Waals surface area contributed by atoms with Crippen LogP contribution in [0.1, 0.15) is 17.5 Å². The summed E-state index contributed by atoms with van der Waals surface area (Å²) in [6.07, 6.45) is 10.5. The van der Waals surface area contributed by atoms with E-state index in [0.29, 0.717) is 17.2 Å². The van der Waals surface area contributed by atoms with Gasteiger partial charge in [-0.15, -0.1) is 6.42 Å². The highest BCUT2D eigenvalue weighted by molar-refractivity contribution is 5.82. The Balaban J connectivity index is 2.01. The standard InChI is InChI=1S/C22H21FN2O/c1-4-15-12-16(5-8-20(15)25-3)19-13-18(24)7-10-22(19)26-21-9-6-17(23)11-14(21)2/h1,5-7,9-13,20,25H,8,24H2,2-3H3. The van der Waals surface area contributed by atoms with Gasteiger partial charge in [0.05, 0.1) is 0 Å². The molecule has 0 heterocycles. The van der Waals surface area contributed by atoms with Crippen molar-refractivity contribution in [3.8, 4) is 23.8 Å². The molecule has 1 aliphatic rings. The molecule has 1 unspecified atom stereocenters. The molecule has 3 nitrogen and oxygen atoms in total. The van der Waals surface area contributed by atoms with Gasteiger partial charge in [0, 0.05) is 22.9 Å². The number of nitrogens with two attached hydrogens (primary N) is 1. The maximum absolute atomic E-state index is 13.3. The van der Waals surface area contributed by atoms with Gasteiger partial charge in [-0.25, -0.2) is 4.39 Å². The number of hydrogen-bond donors (Lipinski definition) is 2. The van der Waals surface area contributed by atoms with Crippen molar-refractivity contribution in [3.63, 3.8) is 0 Å². The molecular weight excluding hydrogens is 327 g/mol. The average molecular weight is 348 g/mol. The van der Waals surface area contributed by atoms with Crippen LogP contribution in [0.4, 0.5) is 10.1 Å². The zero-order chi connectivity index (χ0) is 18.7. The second-order valence-corrected chi connectivity index (χ2v) is 6.25. The van der Waals surface area contributed by atoms with E-state index in [4.69, 9.17) is 16.9 Å². The highest BCUT2D eigenvalue weighted by Crippen LogP contribution is 2.36. The van der Waals surface area contributed by atoms with Gasteiger partial charge in [0.2, 0.25) is 0 Å². The van der Waals surface area contributed by atoms with Crippen LogP contribution >= 0.6 is 0 Å². The molecule has 0 amide bonds. The molecule has 1 atom stereocenters. The summed E-state index contributed by atoms with van der Waals surface area (Å²) in [4.78, 5) is 0. The second-order valence-electron chi connectivity index (χ2n) is 6.25. The lowest BCUT2D eigenvalue weighted by Gasteiger charge is -2.21. The molecule has 3 rings (SSSR count). The number of aryl methyl sites for hydroxylation is 1. The number of likely N-dealkylation sites (N-methyl/N-ethyl adjacent to an activating group) is 1. The molecule has 1 aliphatic carbocycles. The number of ether oxygens (including phenoxy) is 1. The first-order chi connectivity index (χ1) is 12.5. The van der Waals surface area contributed by atoms with Crippen LogP contribution in [0.2, 0.25) is 0 Å². The van der Waals surface area contributed by atoms with Gasteiger partial charge < -0.3 is 15.8 Å². The number of benzene rings is 2. The number of allylic oxidation sites excluding steroid dienone is 2. The fraction of sp³-hybridized carbons (Fsp3) is 0.182. The molecule has 0 saturated heterocycles. The molecule has 0 bridgehead atoms. The molecule has 0 radical (unpaired) electrons. The molecule has 2 aromatic rings. The van der Waals surface area contributed by atoms with E-state index in [2.05, 4.69) is 17.3 Å². The molecule has 0 spiro atoms. The van der Waals surface area contributed by atoms with Crippen LogP contribution in [0.3, 0.4) is 0 Å². The molecule has 4 heteroatoms. The summed E-state index contributed by atoms with van der Waals surface area (Å²) in [5.41, 5.74) is 10.1. The molecule has 0 fully saturated rings. The normalized spacial score (nSPS) is 16.5. The highest BCUT2D eigenvalue weighted by Gasteiger charge is 2.18. The van der Waals surface area contributed by atoms with Gasteiger partial charge in [0.15, 0.2) is 0 Å². The maximum Gasteiger partial charge on any atom is 0.135 e. The highest BCUT2D eigenvalue weighted by atomic mass is 19.1. The summed E-state index contributed by atoms with van der Waals surface area (Å²) >= 11 is 0. The summed E-state index contributed by atoms with van der Waals surface area (Å²) in [5, 5.41) is 3.21. The van der Waals surface area contributed by atoms with Crippen LogP contribution in [-0.4, -0.2) is 13.1 Å². The topological polar surface area (TPSA) is 47.3 Å². The van der Waals surface area contributed by atoms with Crippen LogP contribution in [0.5, 0.6) is 11.5 Å². The second kappa shape index (κ2) is 7.47. The molecule has 132 valence electrons. The van der Waals surface area contributed by atoms with Crippen LogP contribution in [0.25, 0.3) is 5.57 Å². The zero-order valence-electron chi connectivity index (χ0n) is 14.8. The van der Waals surface area contributed by atoms with Crippen molar-refractivity contribution in [2.45, 2.75) is 19.4 Å². The molecule has 0 aliphatic heterocycles. The summed E-state index contributed by atoms with van der Waals surface area (Å²) in [6, 6.07) is 10.1. The molecule has 0 aromatic heterocycles. The lowest BCUT2D eigenvalue weighted by atomic mass is 9.91. The number of hydrogen-bond acceptors (Lipinski definition) is 3. The minimum Gasteiger partial charge on any atom is -0.456 e. The number of terminal acetylenes is 1. The molecule has 0 saturated carbocycles. The number of nitrogens with one attached hydrogen (secondary N) is 1. The summed E-state index contributed by atoms with van der Waals surface area (Å²) in [6.45, 7) is 1.81. The van der Waals surface area contributed by atoms with Gasteiger partial charge in [-0.2, -0.15) is 0 Å². The lowest BCUT2D eigenvalue weighted by molar-refractivity contribution is 0.475. The summed E-state index contributed by atoms with van der Waals surface area (Å²) < 4.78 is 19.4. The van der Waals surface area contributed by atoms with E-state index >= 15 is 0 Å². The zero-order valence-corrected chi connectivity index (χ0v) is 14.8. The summed E-state index contributed by atoms with van der Waals surface area (Å²) in [7, 11) is 1.89. The number of rotatable bonds is 4. The van der Waals surface area contributed by atoms with Crippen molar-refractivity contribution in [1.82, 2.24) is 5.32 Å². The first kappa shape index (κ1) is 17.8. The van der Waals surface area contributed by atoms with Crippen LogP contribution < -0.4 is 15.8 Å². The van der Waals surface area contributed by atoms with Gasteiger partial charge in [0.25, 0.3) is 0 Å². The fourth-order valence-electron chi connectivity index (χ4n) is 3.01. The predicted octanol–water partition coefficient (Wildman–Crippen LogP) is 4.44. The largest absolute Gasteiger partial charge is 0.456 e. The van der Waals surface area contributed by atoms with E-state index in [0.717, 1.165) is 28.7 Å². The van der Waals surface area contributed by atoms with Crippen molar-refractivity contribution >= 4 is 11.3 Å². The molecule has 26 heavy (non-hydrogen) atoms. The van der Waals surface area contributed by atoms with Gasteiger partial charge in [-0.05, 0) is 74.0 Å². The molecule has 3 N–H and O–H groups in total. The fourth-order valence-corrected chi connectivity index (χ4v) is 3.01. The molecule has 2 aromatic carbocycles. The first-order valence-corrected chi connectivity index (χ1v) is 8.41. The van der Waals surface area contributed by atoms with Gasteiger partial charge in [-0.3, -0.25) is 0 Å². The predicted molar refractivity (Wildman–Crippen MR) is 104 cm³/mol. The van der Waals surface area contributed by atoms with E-state index in [1.165, 1.54) is 12.1 Å². The van der Waals surface area contributed by atoms with Gasteiger partial charge >= 0.3 is 0 Å². The van der Waals surface area contributed by atoms with E-state index in [1.807, 2.05) is 32.2 Å². The monoisotopic (exact) mass is 348 g/mol. The Labute approximate surface area is 153 Å². The van der Waals surface area contributed by atoms with Crippen molar-refractivity contribution in [2.24, 2.45) is 0 Å². The number of anilines is 1. The Kier molecular flexibility index (Phi) is 5.11. The third kappa shape index (κ3) is 3.63. The minimum absolute atomic E-state index is 0.133.